The maximum absolute atomic E-state index is 12.9. The summed E-state index contributed by atoms with van der Waals surface area (Å²) in [4.78, 5) is 29.7. The first kappa shape index (κ1) is 19.4. The molecule has 4 rings (SSSR count). The first-order chi connectivity index (χ1) is 14.0. The van der Waals surface area contributed by atoms with Crippen molar-refractivity contribution in [1.29, 1.82) is 0 Å². The third-order valence-corrected chi connectivity index (χ3v) is 5.87. The van der Waals surface area contributed by atoms with Gasteiger partial charge in [-0.15, -0.1) is 0 Å². The van der Waals surface area contributed by atoms with Crippen LogP contribution in [0.1, 0.15) is 44.9 Å². The summed E-state index contributed by atoms with van der Waals surface area (Å²) in [5.41, 5.74) is 2.23. The van der Waals surface area contributed by atoms with E-state index in [0.29, 0.717) is 36.3 Å². The average Bonchev–Trinajstić information content (AvgIpc) is 3.17. The van der Waals surface area contributed by atoms with Crippen molar-refractivity contribution in [2.45, 2.75) is 18.9 Å². The van der Waals surface area contributed by atoms with Crippen LogP contribution in [0.15, 0.2) is 36.4 Å². The molecule has 29 heavy (non-hydrogen) atoms. The molecule has 1 aromatic carbocycles. The summed E-state index contributed by atoms with van der Waals surface area (Å²) in [6, 6.07) is 11.1. The third-order valence-electron chi connectivity index (χ3n) is 5.87. The van der Waals surface area contributed by atoms with E-state index in [9.17, 15) is 9.59 Å². The number of amides is 2. The van der Waals surface area contributed by atoms with E-state index >= 15 is 0 Å². The van der Waals surface area contributed by atoms with Gasteiger partial charge in [-0.25, -0.2) is 4.98 Å². The zero-order valence-corrected chi connectivity index (χ0v) is 16.8. The lowest BCUT2D eigenvalue weighted by atomic mass is 9.95. The fourth-order valence-corrected chi connectivity index (χ4v) is 4.02. The Morgan fingerprint density at radius 2 is 1.90 bits per heavy atom. The molecule has 2 fully saturated rings. The fraction of sp³-hybridized carbons (Fsp3) is 0.409. The van der Waals surface area contributed by atoms with Gasteiger partial charge in [0.25, 0.3) is 11.8 Å². The van der Waals surface area contributed by atoms with E-state index in [1.807, 2.05) is 31.2 Å². The van der Waals surface area contributed by atoms with Crippen LogP contribution in [0.25, 0.3) is 0 Å². The van der Waals surface area contributed by atoms with Crippen LogP contribution in [0.5, 0.6) is 5.75 Å². The number of para-hydroxylation sites is 1. The molecule has 0 spiro atoms. The Morgan fingerprint density at radius 3 is 2.59 bits per heavy atom. The summed E-state index contributed by atoms with van der Waals surface area (Å²) in [7, 11) is 3.17. The van der Waals surface area contributed by atoms with E-state index in [2.05, 4.69) is 15.6 Å². The van der Waals surface area contributed by atoms with Gasteiger partial charge in [0.1, 0.15) is 11.4 Å². The Morgan fingerprint density at radius 1 is 1.17 bits per heavy atom. The van der Waals surface area contributed by atoms with Crippen LogP contribution >= 0.6 is 0 Å². The summed E-state index contributed by atoms with van der Waals surface area (Å²) < 4.78 is 10.9. The Bertz CT molecular complexity index is 935. The molecule has 1 aromatic heterocycles. The first-order valence-corrected chi connectivity index (χ1v) is 9.79. The minimum Gasteiger partial charge on any atom is -0.496 e. The van der Waals surface area contributed by atoms with Gasteiger partial charge in [0.2, 0.25) is 0 Å². The Labute approximate surface area is 169 Å². The van der Waals surface area contributed by atoms with Crippen molar-refractivity contribution in [2.24, 2.45) is 11.8 Å². The second kappa shape index (κ2) is 7.83. The van der Waals surface area contributed by atoms with E-state index < -0.39 is 0 Å². The van der Waals surface area contributed by atoms with Crippen molar-refractivity contribution in [2.75, 3.05) is 27.4 Å². The summed E-state index contributed by atoms with van der Waals surface area (Å²) in [6.07, 6.45) is 0. The molecule has 2 heterocycles. The highest BCUT2D eigenvalue weighted by molar-refractivity contribution is 5.99. The normalized spacial score (nSPS) is 23.1. The second-order valence-corrected chi connectivity index (χ2v) is 7.57. The number of nitrogens with zero attached hydrogens (tertiary/aromatic N) is 1. The van der Waals surface area contributed by atoms with Gasteiger partial charge in [0, 0.05) is 47.7 Å². The van der Waals surface area contributed by atoms with Crippen molar-refractivity contribution in [3.8, 4) is 5.75 Å². The molecule has 0 radical (unpaired) electrons. The van der Waals surface area contributed by atoms with Gasteiger partial charge >= 0.3 is 0 Å². The van der Waals surface area contributed by atoms with Gasteiger partial charge in [-0.3, -0.25) is 9.59 Å². The summed E-state index contributed by atoms with van der Waals surface area (Å²) in [5, 5.41) is 5.67. The molecule has 1 aliphatic heterocycles. The number of aromatic nitrogens is 1. The van der Waals surface area contributed by atoms with Crippen LogP contribution in [0.2, 0.25) is 0 Å². The lowest BCUT2D eigenvalue weighted by Crippen LogP contribution is -2.30. The molecule has 1 saturated heterocycles. The highest BCUT2D eigenvalue weighted by Crippen LogP contribution is 2.44. The zero-order chi connectivity index (χ0) is 20.5. The van der Waals surface area contributed by atoms with Crippen molar-refractivity contribution < 1.29 is 19.1 Å². The number of pyridine rings is 1. The number of methoxy groups -OCH3 is 1. The molecule has 0 bridgehead atoms. The van der Waals surface area contributed by atoms with Gasteiger partial charge in [-0.1, -0.05) is 25.1 Å². The number of benzene rings is 1. The third kappa shape index (κ3) is 3.70. The molecule has 152 valence electrons. The van der Waals surface area contributed by atoms with E-state index in [1.54, 1.807) is 26.3 Å². The molecule has 1 saturated carbocycles. The van der Waals surface area contributed by atoms with Gasteiger partial charge in [-0.2, -0.15) is 0 Å². The zero-order valence-electron chi connectivity index (χ0n) is 16.8. The average molecular weight is 395 g/mol. The van der Waals surface area contributed by atoms with Crippen LogP contribution in [-0.2, 0) is 4.74 Å². The van der Waals surface area contributed by atoms with Crippen molar-refractivity contribution in [3.05, 3.63) is 58.9 Å². The maximum Gasteiger partial charge on any atom is 0.269 e. The molecule has 2 aromatic rings. The van der Waals surface area contributed by atoms with E-state index in [4.69, 9.17) is 9.47 Å². The van der Waals surface area contributed by atoms with Gasteiger partial charge in [0.15, 0.2) is 0 Å². The molecule has 7 nitrogen and oxygen atoms in total. The number of carbonyl (C=O) groups excluding carboxylic acids is 2. The molecule has 2 N–H and O–H groups in total. The van der Waals surface area contributed by atoms with Crippen LogP contribution in [-0.4, -0.2) is 50.2 Å². The monoisotopic (exact) mass is 395 g/mol. The van der Waals surface area contributed by atoms with Crippen LogP contribution < -0.4 is 15.4 Å². The van der Waals surface area contributed by atoms with Crippen LogP contribution in [0, 0.1) is 11.8 Å². The largest absolute Gasteiger partial charge is 0.496 e. The highest BCUT2D eigenvalue weighted by atomic mass is 16.5. The molecule has 2 aliphatic rings. The number of ether oxygens (including phenoxy) is 2. The molecule has 7 heteroatoms. The lowest BCUT2D eigenvalue weighted by molar-refractivity contribution is 0.0928. The van der Waals surface area contributed by atoms with Crippen LogP contribution in [0.4, 0.5) is 0 Å². The van der Waals surface area contributed by atoms with Crippen molar-refractivity contribution in [1.82, 2.24) is 15.6 Å². The van der Waals surface area contributed by atoms with E-state index in [1.165, 1.54) is 0 Å². The van der Waals surface area contributed by atoms with Crippen LogP contribution in [0.3, 0.4) is 0 Å². The molecular weight excluding hydrogens is 370 g/mol. The fourth-order valence-electron chi connectivity index (χ4n) is 4.02. The Kier molecular flexibility index (Phi) is 5.24. The second-order valence-electron chi connectivity index (χ2n) is 7.57. The molecule has 4 atom stereocenters. The Hall–Kier alpha value is -2.93. The van der Waals surface area contributed by atoms with E-state index in [-0.39, 0.29) is 29.5 Å². The number of nitrogens with one attached hydrogen (secondary N) is 2. The predicted octanol–water partition coefficient (Wildman–Crippen LogP) is 1.98. The number of fused-ring (bicyclic) bond motifs is 1. The first-order valence-electron chi connectivity index (χ1n) is 9.79. The SMILES string of the molecule is CNC(=O)c1cc(C(=O)N[C@H]2[C@@H]3COC[C@@H]32)cc(C(C)c2ccccc2OC)n1. The summed E-state index contributed by atoms with van der Waals surface area (Å²) >= 11 is 0. The number of hydrogen-bond donors (Lipinski definition) is 2. The standard InChI is InChI=1S/C22H25N3O4/c1-12(14-6-4-5-7-19(14)28-3)17-8-13(9-18(24-17)22(27)23-2)21(26)25-20-15-10-29-11-16(15)20/h4-9,12,15-16,20H,10-11H2,1-3H3,(H,23,27)(H,25,26)/t12?,15-,16+,20+. The molecule has 1 unspecified atom stereocenters. The highest BCUT2D eigenvalue weighted by Gasteiger charge is 2.54. The maximum atomic E-state index is 12.9. The topological polar surface area (TPSA) is 89.6 Å². The van der Waals surface area contributed by atoms with Crippen molar-refractivity contribution in [3.63, 3.8) is 0 Å². The van der Waals surface area contributed by atoms with Gasteiger partial charge < -0.3 is 20.1 Å². The minimum absolute atomic E-state index is 0.156. The number of rotatable bonds is 6. The van der Waals surface area contributed by atoms with E-state index in [0.717, 1.165) is 11.3 Å². The summed E-state index contributed by atoms with van der Waals surface area (Å²) in [6.45, 7) is 3.38. The number of hydrogen-bond acceptors (Lipinski definition) is 5. The van der Waals surface area contributed by atoms with Gasteiger partial charge in [0.05, 0.1) is 20.3 Å². The molecular formula is C22H25N3O4. The lowest BCUT2D eigenvalue weighted by Gasteiger charge is -2.17. The molecule has 2 amide bonds. The number of carbonyl (C=O) groups is 2. The van der Waals surface area contributed by atoms with Gasteiger partial charge in [-0.05, 0) is 18.2 Å². The quantitative estimate of drug-likeness (QED) is 0.781. The minimum atomic E-state index is -0.329. The predicted molar refractivity (Wildman–Crippen MR) is 107 cm³/mol. The smallest absolute Gasteiger partial charge is 0.269 e. The summed E-state index contributed by atoms with van der Waals surface area (Å²) in [5.74, 6) is 0.882. The molecule has 1 aliphatic carbocycles. The van der Waals surface area contributed by atoms with Crippen molar-refractivity contribution >= 4 is 11.8 Å². The Balaban J connectivity index is 1.65.